The summed E-state index contributed by atoms with van der Waals surface area (Å²) in [5.74, 6) is 0.824. The molecule has 0 atom stereocenters. The molecule has 2 N–H and O–H groups in total. The molecule has 5 aromatic rings. The monoisotopic (exact) mass is 627 g/mol. The van der Waals surface area contributed by atoms with Gasteiger partial charge in [-0.25, -0.2) is 10.2 Å². The number of hydrogen-bond donors (Lipinski definition) is 2. The molecule has 0 aliphatic carbocycles. The molecule has 1 aromatic heterocycles. The first-order valence-corrected chi connectivity index (χ1v) is 13.5. The average Bonchev–Trinajstić information content (AvgIpc) is 3.44. The van der Waals surface area contributed by atoms with E-state index in [1.54, 1.807) is 56.7 Å². The maximum absolute atomic E-state index is 13.4. The minimum absolute atomic E-state index is 0.240. The van der Waals surface area contributed by atoms with Gasteiger partial charge in [0.2, 0.25) is 0 Å². The van der Waals surface area contributed by atoms with Gasteiger partial charge in [0.05, 0.1) is 38.6 Å². The predicted octanol–water partition coefficient (Wildman–Crippen LogP) is 6.61. The molecule has 42 heavy (non-hydrogen) atoms. The summed E-state index contributed by atoms with van der Waals surface area (Å²) in [6.45, 7) is 0. The fourth-order valence-corrected chi connectivity index (χ4v) is 4.96. The van der Waals surface area contributed by atoms with Gasteiger partial charge in [-0.05, 0) is 65.7 Å². The summed E-state index contributed by atoms with van der Waals surface area (Å²) in [6.07, 6.45) is 1.47. The molecule has 1 amide bonds. The zero-order chi connectivity index (χ0) is 29.6. The number of hydrogen-bond acceptors (Lipinski definition) is 7. The summed E-state index contributed by atoms with van der Waals surface area (Å²) >= 11 is 3.62. The molecule has 9 nitrogen and oxygen atoms in total. The molecule has 0 saturated carbocycles. The number of halogens is 1. The number of fused-ring (bicyclic) bond motifs is 1. The van der Waals surface area contributed by atoms with Gasteiger partial charge in [-0.1, -0.05) is 46.3 Å². The lowest BCUT2D eigenvalue weighted by Gasteiger charge is -2.10. The molecular formula is C32H26BrN3O6. The highest BCUT2D eigenvalue weighted by atomic mass is 79.9. The van der Waals surface area contributed by atoms with E-state index in [2.05, 4.69) is 31.4 Å². The third-order valence-corrected chi connectivity index (χ3v) is 7.13. The molecule has 212 valence electrons. The molecular weight excluding hydrogens is 602 g/mol. The second-order valence-corrected chi connectivity index (χ2v) is 9.82. The number of H-pyrrole nitrogens is 1. The topological polar surface area (TPSA) is 111 Å². The number of aromatic amines is 1. The van der Waals surface area contributed by atoms with Gasteiger partial charge in [-0.15, -0.1) is 0 Å². The number of amides is 1. The van der Waals surface area contributed by atoms with Crippen LogP contribution in [0.25, 0.3) is 22.0 Å². The van der Waals surface area contributed by atoms with Gasteiger partial charge in [-0.3, -0.25) is 4.79 Å². The van der Waals surface area contributed by atoms with Crippen LogP contribution in [0.1, 0.15) is 26.4 Å². The molecule has 1 heterocycles. The van der Waals surface area contributed by atoms with Crippen LogP contribution in [0.3, 0.4) is 0 Å². The van der Waals surface area contributed by atoms with Crippen LogP contribution < -0.4 is 24.4 Å². The van der Waals surface area contributed by atoms with Gasteiger partial charge in [0.15, 0.2) is 11.5 Å². The number of methoxy groups -OCH3 is 3. The summed E-state index contributed by atoms with van der Waals surface area (Å²) in [5.41, 5.74) is 6.16. The van der Waals surface area contributed by atoms with E-state index in [-0.39, 0.29) is 5.75 Å². The molecule has 0 unspecified atom stereocenters. The second-order valence-electron chi connectivity index (χ2n) is 8.97. The lowest BCUT2D eigenvalue weighted by molar-refractivity contribution is 0.0729. The fraction of sp³-hybridized carbons (Fsp3) is 0.0938. The molecule has 0 fully saturated rings. The SMILES string of the molecule is COc1ccc(C(=O)Oc2ccc(C=NNC(=O)c3[nH]c4c(OC)ccc(Br)c4c3-c3ccccc3)cc2OC)cc1. The lowest BCUT2D eigenvalue weighted by Crippen LogP contribution is -2.18. The minimum atomic E-state index is -0.541. The Hall–Kier alpha value is -5.09. The Balaban J connectivity index is 1.37. The van der Waals surface area contributed by atoms with E-state index in [1.807, 2.05) is 42.5 Å². The normalized spacial score (nSPS) is 11.0. The Morgan fingerprint density at radius 3 is 2.24 bits per heavy atom. The molecule has 5 rings (SSSR count). The van der Waals surface area contributed by atoms with E-state index in [9.17, 15) is 9.59 Å². The van der Waals surface area contributed by atoms with Crippen molar-refractivity contribution >= 4 is 44.9 Å². The summed E-state index contributed by atoms with van der Waals surface area (Å²) in [6, 6.07) is 24.8. The third-order valence-electron chi connectivity index (χ3n) is 6.47. The number of carbonyl (C=O) groups is 2. The van der Waals surface area contributed by atoms with Crippen LogP contribution in [0.4, 0.5) is 0 Å². The Labute approximate surface area is 250 Å². The maximum atomic E-state index is 13.4. The second kappa shape index (κ2) is 12.6. The molecule has 0 saturated heterocycles. The van der Waals surface area contributed by atoms with Crippen molar-refractivity contribution in [2.24, 2.45) is 5.10 Å². The highest BCUT2D eigenvalue weighted by Crippen LogP contribution is 2.40. The van der Waals surface area contributed by atoms with Crippen LogP contribution in [0.15, 0.2) is 94.5 Å². The van der Waals surface area contributed by atoms with Crippen LogP contribution in [0.2, 0.25) is 0 Å². The van der Waals surface area contributed by atoms with Crippen LogP contribution in [-0.2, 0) is 0 Å². The van der Waals surface area contributed by atoms with Gasteiger partial charge >= 0.3 is 5.97 Å². The number of benzene rings is 4. The van der Waals surface area contributed by atoms with Crippen molar-refractivity contribution in [1.29, 1.82) is 0 Å². The summed E-state index contributed by atoms with van der Waals surface area (Å²) in [4.78, 5) is 29.2. The Kier molecular flexibility index (Phi) is 8.54. The number of esters is 1. The maximum Gasteiger partial charge on any atom is 0.343 e. The summed E-state index contributed by atoms with van der Waals surface area (Å²) in [7, 11) is 4.60. The number of nitrogens with zero attached hydrogens (tertiary/aromatic N) is 1. The van der Waals surface area contributed by atoms with Crippen molar-refractivity contribution in [2.75, 3.05) is 21.3 Å². The van der Waals surface area contributed by atoms with Crippen molar-refractivity contribution in [3.05, 3.63) is 106 Å². The van der Waals surface area contributed by atoms with Crippen molar-refractivity contribution in [2.45, 2.75) is 0 Å². The molecule has 0 spiro atoms. The van der Waals surface area contributed by atoms with Gasteiger partial charge in [0, 0.05) is 15.4 Å². The van der Waals surface area contributed by atoms with Crippen molar-refractivity contribution < 1.29 is 28.5 Å². The van der Waals surface area contributed by atoms with Crippen molar-refractivity contribution in [3.63, 3.8) is 0 Å². The molecule has 10 heteroatoms. The third kappa shape index (κ3) is 5.84. The zero-order valence-corrected chi connectivity index (χ0v) is 24.5. The molecule has 0 bridgehead atoms. The van der Waals surface area contributed by atoms with E-state index in [0.29, 0.717) is 45.1 Å². The number of nitrogens with one attached hydrogen (secondary N) is 2. The van der Waals surface area contributed by atoms with E-state index < -0.39 is 11.9 Å². The standard InChI is InChI=1S/C32H26BrN3O6/c1-39-22-12-10-21(11-13-22)32(38)42-24-15-9-19(17-26(24)41-3)18-34-36-31(37)30-27(20-7-5-4-6-8-20)28-23(33)14-16-25(40-2)29(28)35-30/h4-18,35H,1-3H3,(H,36,37). The van der Waals surface area contributed by atoms with E-state index in [0.717, 1.165) is 15.4 Å². The first-order valence-electron chi connectivity index (χ1n) is 12.7. The van der Waals surface area contributed by atoms with Gasteiger partial charge in [0.25, 0.3) is 5.91 Å². The quantitative estimate of drug-likeness (QED) is 0.0823. The first-order chi connectivity index (χ1) is 20.4. The van der Waals surface area contributed by atoms with E-state index in [4.69, 9.17) is 18.9 Å². The lowest BCUT2D eigenvalue weighted by atomic mass is 10.0. The largest absolute Gasteiger partial charge is 0.497 e. The van der Waals surface area contributed by atoms with Gasteiger partial charge in [-0.2, -0.15) is 5.10 Å². The van der Waals surface area contributed by atoms with E-state index in [1.165, 1.54) is 13.3 Å². The number of carbonyl (C=O) groups excluding carboxylic acids is 2. The molecule has 4 aromatic carbocycles. The fourth-order valence-electron chi connectivity index (χ4n) is 4.43. The Bertz CT molecular complexity index is 1780. The minimum Gasteiger partial charge on any atom is -0.497 e. The van der Waals surface area contributed by atoms with Gasteiger partial charge in [0.1, 0.15) is 17.2 Å². The summed E-state index contributed by atoms with van der Waals surface area (Å²) < 4.78 is 22.4. The zero-order valence-electron chi connectivity index (χ0n) is 22.9. The molecule has 0 aliphatic rings. The number of aromatic nitrogens is 1. The number of hydrazone groups is 1. The van der Waals surface area contributed by atoms with Crippen molar-refractivity contribution in [1.82, 2.24) is 10.4 Å². The smallest absolute Gasteiger partial charge is 0.343 e. The van der Waals surface area contributed by atoms with Crippen LogP contribution in [-0.4, -0.2) is 44.4 Å². The summed E-state index contributed by atoms with van der Waals surface area (Å²) in [5, 5.41) is 4.97. The molecule has 0 radical (unpaired) electrons. The number of rotatable bonds is 9. The van der Waals surface area contributed by atoms with Crippen LogP contribution >= 0.6 is 15.9 Å². The highest BCUT2D eigenvalue weighted by Gasteiger charge is 2.23. The Morgan fingerprint density at radius 1 is 0.833 bits per heavy atom. The Morgan fingerprint density at radius 2 is 1.55 bits per heavy atom. The highest BCUT2D eigenvalue weighted by molar-refractivity contribution is 9.10. The van der Waals surface area contributed by atoms with Crippen LogP contribution in [0, 0.1) is 0 Å². The molecule has 0 aliphatic heterocycles. The predicted molar refractivity (Wildman–Crippen MR) is 164 cm³/mol. The van der Waals surface area contributed by atoms with E-state index >= 15 is 0 Å². The van der Waals surface area contributed by atoms with Crippen LogP contribution in [0.5, 0.6) is 23.0 Å². The first kappa shape index (κ1) is 28.4. The number of ether oxygens (including phenoxy) is 4. The van der Waals surface area contributed by atoms with Crippen molar-refractivity contribution in [3.8, 4) is 34.1 Å². The van der Waals surface area contributed by atoms with Gasteiger partial charge < -0.3 is 23.9 Å². The average molecular weight is 628 g/mol.